The van der Waals surface area contributed by atoms with E-state index >= 15 is 0 Å². The minimum Gasteiger partial charge on any atom is -0.341 e. The average Bonchev–Trinajstić information content (AvgIpc) is 3.19. The van der Waals surface area contributed by atoms with E-state index in [0.717, 1.165) is 40.9 Å². The summed E-state index contributed by atoms with van der Waals surface area (Å²) in [6, 6.07) is 10.3. The van der Waals surface area contributed by atoms with Gasteiger partial charge in [-0.2, -0.15) is 5.10 Å². The zero-order chi connectivity index (χ0) is 19.5. The van der Waals surface area contributed by atoms with Gasteiger partial charge in [-0.25, -0.2) is 9.18 Å². The van der Waals surface area contributed by atoms with Crippen molar-refractivity contribution < 1.29 is 9.18 Å². The molecule has 0 radical (unpaired) electrons. The number of carbonyl (C=O) groups is 1. The number of urea groups is 1. The second-order valence-electron chi connectivity index (χ2n) is 6.92. The number of amides is 2. The predicted octanol–water partition coefficient (Wildman–Crippen LogP) is 3.80. The van der Waals surface area contributed by atoms with Crippen LogP contribution in [0.25, 0.3) is 22.4 Å². The quantitative estimate of drug-likeness (QED) is 0.727. The number of piperidine rings is 1. The molecule has 144 valence electrons. The van der Waals surface area contributed by atoms with Gasteiger partial charge in [-0.1, -0.05) is 0 Å². The van der Waals surface area contributed by atoms with Gasteiger partial charge < -0.3 is 10.2 Å². The molecular weight excluding hydrogens is 357 g/mol. The molecular formula is C21H22FN5O. The maximum absolute atomic E-state index is 13.4. The summed E-state index contributed by atoms with van der Waals surface area (Å²) in [7, 11) is 1.65. The smallest absolute Gasteiger partial charge is 0.317 e. The first kappa shape index (κ1) is 18.2. The van der Waals surface area contributed by atoms with Crippen LogP contribution in [-0.2, 0) is 0 Å². The fourth-order valence-electron chi connectivity index (χ4n) is 3.81. The number of rotatable bonds is 3. The molecule has 28 heavy (non-hydrogen) atoms. The molecule has 3 aromatic rings. The van der Waals surface area contributed by atoms with E-state index in [1.807, 2.05) is 17.0 Å². The van der Waals surface area contributed by atoms with Crippen LogP contribution < -0.4 is 5.32 Å². The summed E-state index contributed by atoms with van der Waals surface area (Å²) in [5.41, 5.74) is 4.76. The molecule has 2 amide bonds. The van der Waals surface area contributed by atoms with Crippen molar-refractivity contribution in [3.8, 4) is 22.4 Å². The number of benzene rings is 1. The Bertz CT molecular complexity index is 947. The van der Waals surface area contributed by atoms with Crippen LogP contribution in [0.2, 0.25) is 0 Å². The second kappa shape index (κ2) is 7.80. The van der Waals surface area contributed by atoms with E-state index in [1.165, 1.54) is 12.1 Å². The third-order valence-electron chi connectivity index (χ3n) is 5.29. The number of H-pyrrole nitrogens is 1. The van der Waals surface area contributed by atoms with Gasteiger partial charge in [0.1, 0.15) is 11.5 Å². The lowest BCUT2D eigenvalue weighted by Crippen LogP contribution is -2.42. The van der Waals surface area contributed by atoms with Crippen LogP contribution in [0.15, 0.2) is 48.8 Å². The van der Waals surface area contributed by atoms with E-state index in [-0.39, 0.29) is 17.8 Å². The van der Waals surface area contributed by atoms with Crippen LogP contribution in [0, 0.1) is 5.82 Å². The molecule has 0 bridgehead atoms. The van der Waals surface area contributed by atoms with E-state index in [0.29, 0.717) is 13.1 Å². The molecule has 1 saturated heterocycles. The average molecular weight is 379 g/mol. The van der Waals surface area contributed by atoms with Crippen LogP contribution in [0.1, 0.15) is 24.5 Å². The van der Waals surface area contributed by atoms with E-state index in [4.69, 9.17) is 0 Å². The van der Waals surface area contributed by atoms with Gasteiger partial charge in [0, 0.05) is 55.3 Å². The Balaban J connectivity index is 1.70. The van der Waals surface area contributed by atoms with Gasteiger partial charge in [0.2, 0.25) is 0 Å². The number of halogens is 1. The fourth-order valence-corrected chi connectivity index (χ4v) is 3.81. The Labute approximate surface area is 162 Å². The highest BCUT2D eigenvalue weighted by Gasteiger charge is 2.28. The molecule has 4 rings (SSSR count). The standard InChI is InChI=1S/C21H22FN5O/c1-23-21(28)27-12-8-16(9-13-27)20-18(14-6-10-24-11-7-14)19(25-26-20)15-2-4-17(22)5-3-15/h2-7,10-11,16H,8-9,12-13H2,1H3,(H,23,28)(H,25,26). The van der Waals surface area contributed by atoms with E-state index < -0.39 is 0 Å². The number of aromatic nitrogens is 3. The van der Waals surface area contributed by atoms with Crippen molar-refractivity contribution in [2.75, 3.05) is 20.1 Å². The number of carbonyl (C=O) groups excluding carboxylic acids is 1. The molecule has 1 aliphatic heterocycles. The fraction of sp³-hybridized carbons (Fsp3) is 0.286. The maximum atomic E-state index is 13.4. The van der Waals surface area contributed by atoms with E-state index in [2.05, 4.69) is 20.5 Å². The highest BCUT2D eigenvalue weighted by Crippen LogP contribution is 2.39. The Morgan fingerprint density at radius 2 is 1.79 bits per heavy atom. The number of likely N-dealkylation sites (tertiary alicyclic amines) is 1. The minimum atomic E-state index is -0.272. The van der Waals surface area contributed by atoms with Crippen LogP contribution in [0.5, 0.6) is 0 Å². The highest BCUT2D eigenvalue weighted by atomic mass is 19.1. The third kappa shape index (κ3) is 3.47. The number of nitrogens with one attached hydrogen (secondary N) is 2. The summed E-state index contributed by atoms with van der Waals surface area (Å²) in [4.78, 5) is 17.8. The second-order valence-corrected chi connectivity index (χ2v) is 6.92. The first-order valence-electron chi connectivity index (χ1n) is 9.38. The third-order valence-corrected chi connectivity index (χ3v) is 5.29. The van der Waals surface area contributed by atoms with Crippen molar-refractivity contribution in [3.63, 3.8) is 0 Å². The molecule has 2 N–H and O–H groups in total. The monoisotopic (exact) mass is 379 g/mol. The van der Waals surface area contributed by atoms with E-state index in [1.54, 1.807) is 31.6 Å². The topological polar surface area (TPSA) is 73.9 Å². The number of nitrogens with zero attached hydrogens (tertiary/aromatic N) is 3. The lowest BCUT2D eigenvalue weighted by molar-refractivity contribution is 0.183. The molecule has 1 aromatic carbocycles. The Kier molecular flexibility index (Phi) is 5.06. The summed E-state index contributed by atoms with van der Waals surface area (Å²) in [5, 5.41) is 10.5. The maximum Gasteiger partial charge on any atom is 0.317 e. The van der Waals surface area contributed by atoms with Crippen molar-refractivity contribution in [2.24, 2.45) is 0 Å². The lowest BCUT2D eigenvalue weighted by atomic mass is 9.88. The van der Waals surface area contributed by atoms with Crippen molar-refractivity contribution in [3.05, 3.63) is 60.3 Å². The Morgan fingerprint density at radius 3 is 2.43 bits per heavy atom. The van der Waals surface area contributed by atoms with Crippen molar-refractivity contribution >= 4 is 6.03 Å². The number of hydrogen-bond acceptors (Lipinski definition) is 3. The molecule has 0 unspecified atom stereocenters. The molecule has 7 heteroatoms. The zero-order valence-electron chi connectivity index (χ0n) is 15.7. The molecule has 1 aliphatic rings. The largest absolute Gasteiger partial charge is 0.341 e. The zero-order valence-corrected chi connectivity index (χ0v) is 15.7. The van der Waals surface area contributed by atoms with Crippen LogP contribution in [-0.4, -0.2) is 46.2 Å². The van der Waals surface area contributed by atoms with Crippen LogP contribution >= 0.6 is 0 Å². The van der Waals surface area contributed by atoms with E-state index in [9.17, 15) is 9.18 Å². The molecule has 6 nitrogen and oxygen atoms in total. The minimum absolute atomic E-state index is 0.0376. The molecule has 0 spiro atoms. The molecule has 0 aliphatic carbocycles. The van der Waals surface area contributed by atoms with Crippen molar-refractivity contribution in [1.29, 1.82) is 0 Å². The number of aromatic amines is 1. The van der Waals surface area contributed by atoms with Gasteiger partial charge in [-0.15, -0.1) is 0 Å². The first-order chi connectivity index (χ1) is 13.7. The van der Waals surface area contributed by atoms with Crippen molar-refractivity contribution in [1.82, 2.24) is 25.4 Å². The summed E-state index contributed by atoms with van der Waals surface area (Å²) >= 11 is 0. The van der Waals surface area contributed by atoms with Gasteiger partial charge in [0.05, 0.1) is 0 Å². The van der Waals surface area contributed by atoms with Gasteiger partial charge in [0.25, 0.3) is 0 Å². The summed E-state index contributed by atoms with van der Waals surface area (Å²) in [6.07, 6.45) is 5.23. The summed E-state index contributed by atoms with van der Waals surface area (Å²) in [6.45, 7) is 1.40. The molecule has 2 aromatic heterocycles. The summed E-state index contributed by atoms with van der Waals surface area (Å²) < 4.78 is 13.4. The first-order valence-corrected chi connectivity index (χ1v) is 9.38. The van der Waals surface area contributed by atoms with Crippen LogP contribution in [0.3, 0.4) is 0 Å². The Morgan fingerprint density at radius 1 is 1.11 bits per heavy atom. The van der Waals surface area contributed by atoms with Crippen LogP contribution in [0.4, 0.5) is 9.18 Å². The SMILES string of the molecule is CNC(=O)N1CCC(c2[nH]nc(-c3ccc(F)cc3)c2-c2ccncc2)CC1. The summed E-state index contributed by atoms with van der Waals surface area (Å²) in [5.74, 6) is -0.00249. The molecule has 1 fully saturated rings. The Hall–Kier alpha value is -3.22. The lowest BCUT2D eigenvalue weighted by Gasteiger charge is -2.31. The van der Waals surface area contributed by atoms with Gasteiger partial charge >= 0.3 is 6.03 Å². The normalized spacial score (nSPS) is 14.9. The molecule has 0 atom stereocenters. The van der Waals surface area contributed by atoms with Gasteiger partial charge in [-0.05, 0) is 54.8 Å². The van der Waals surface area contributed by atoms with Crippen molar-refractivity contribution in [2.45, 2.75) is 18.8 Å². The van der Waals surface area contributed by atoms with Gasteiger partial charge in [0.15, 0.2) is 0 Å². The number of hydrogen-bond donors (Lipinski definition) is 2. The number of pyridine rings is 1. The highest BCUT2D eigenvalue weighted by molar-refractivity contribution is 5.83. The predicted molar refractivity (Wildman–Crippen MR) is 105 cm³/mol. The molecule has 0 saturated carbocycles. The molecule has 3 heterocycles. The van der Waals surface area contributed by atoms with Gasteiger partial charge in [-0.3, -0.25) is 10.1 Å².